The monoisotopic (exact) mass is 406 g/mol. The molecule has 3 rings (SSSR count). The van der Waals surface area contributed by atoms with E-state index in [1.54, 1.807) is 41.0 Å². The molecule has 1 aliphatic rings. The predicted molar refractivity (Wildman–Crippen MR) is 98.4 cm³/mol. The number of benzene rings is 2. The number of amides is 2. The second-order valence-corrected chi connectivity index (χ2v) is 7.01. The Morgan fingerprint density at radius 1 is 1.17 bits per heavy atom. The van der Waals surface area contributed by atoms with Crippen molar-refractivity contribution in [2.24, 2.45) is 0 Å². The first-order valence-electron chi connectivity index (χ1n) is 7.61. The number of carbonyl (C=O) groups excluding carboxylic acids is 2. The molecule has 0 bridgehead atoms. The van der Waals surface area contributed by atoms with E-state index in [1.165, 1.54) is 0 Å². The van der Waals surface area contributed by atoms with Gasteiger partial charge in [-0.3, -0.25) is 9.59 Å². The molecule has 2 aromatic rings. The molecule has 24 heavy (non-hydrogen) atoms. The van der Waals surface area contributed by atoms with Crippen LogP contribution in [-0.4, -0.2) is 35.8 Å². The Kier molecular flexibility index (Phi) is 4.92. The second kappa shape index (κ2) is 6.95. The van der Waals surface area contributed by atoms with Crippen LogP contribution in [0, 0.1) is 0 Å². The van der Waals surface area contributed by atoms with Crippen molar-refractivity contribution in [1.82, 2.24) is 4.90 Å². The summed E-state index contributed by atoms with van der Waals surface area (Å²) < 4.78 is 0.915. The van der Waals surface area contributed by atoms with Crippen LogP contribution in [0.1, 0.15) is 17.3 Å². The first kappa shape index (κ1) is 17.0. The maximum absolute atomic E-state index is 12.7. The van der Waals surface area contributed by atoms with Crippen molar-refractivity contribution in [2.45, 2.75) is 13.0 Å². The molecule has 0 saturated carbocycles. The SMILES string of the molecule is CC1C(=O)N(c2cccc(Br)c2)CCN1C(=O)c1cccc(Cl)c1. The lowest BCUT2D eigenvalue weighted by Gasteiger charge is -2.39. The first-order chi connectivity index (χ1) is 11.5. The topological polar surface area (TPSA) is 40.6 Å². The van der Waals surface area contributed by atoms with Gasteiger partial charge in [0.2, 0.25) is 5.91 Å². The van der Waals surface area contributed by atoms with Crippen molar-refractivity contribution in [1.29, 1.82) is 0 Å². The fourth-order valence-corrected chi connectivity index (χ4v) is 3.41. The Labute approximate surface area is 154 Å². The minimum absolute atomic E-state index is 0.0882. The van der Waals surface area contributed by atoms with Crippen LogP contribution >= 0.6 is 27.5 Å². The van der Waals surface area contributed by atoms with Gasteiger partial charge in [-0.05, 0) is 43.3 Å². The van der Waals surface area contributed by atoms with Gasteiger partial charge in [0.1, 0.15) is 6.04 Å². The van der Waals surface area contributed by atoms with Crippen molar-refractivity contribution in [3.63, 3.8) is 0 Å². The first-order valence-corrected chi connectivity index (χ1v) is 8.78. The lowest BCUT2D eigenvalue weighted by molar-refractivity contribution is -0.124. The standard InChI is InChI=1S/C18H16BrClN2O2/c1-12-17(23)22(16-7-3-5-14(19)11-16)9-8-21(12)18(24)13-4-2-6-15(20)10-13/h2-7,10-12H,8-9H2,1H3. The van der Waals surface area contributed by atoms with Crippen LogP contribution in [0.4, 0.5) is 5.69 Å². The second-order valence-electron chi connectivity index (χ2n) is 5.65. The molecule has 0 N–H and O–H groups in total. The van der Waals surface area contributed by atoms with Crippen molar-refractivity contribution in [3.8, 4) is 0 Å². The molecule has 0 aromatic heterocycles. The van der Waals surface area contributed by atoms with E-state index in [9.17, 15) is 9.59 Å². The summed E-state index contributed by atoms with van der Waals surface area (Å²) in [6.07, 6.45) is 0. The maximum Gasteiger partial charge on any atom is 0.254 e. The van der Waals surface area contributed by atoms with E-state index in [0.29, 0.717) is 23.7 Å². The average Bonchev–Trinajstić information content (AvgIpc) is 2.56. The van der Waals surface area contributed by atoms with Gasteiger partial charge in [0.15, 0.2) is 0 Å². The molecule has 1 atom stereocenters. The van der Waals surface area contributed by atoms with E-state index >= 15 is 0 Å². The fourth-order valence-electron chi connectivity index (χ4n) is 2.84. The summed E-state index contributed by atoms with van der Waals surface area (Å²) in [4.78, 5) is 28.8. The maximum atomic E-state index is 12.7. The summed E-state index contributed by atoms with van der Waals surface area (Å²) in [5.74, 6) is -0.262. The number of hydrogen-bond acceptors (Lipinski definition) is 2. The molecule has 2 amide bonds. The van der Waals surface area contributed by atoms with Crippen molar-refractivity contribution >= 4 is 45.0 Å². The van der Waals surface area contributed by atoms with Gasteiger partial charge < -0.3 is 9.80 Å². The highest BCUT2D eigenvalue weighted by Crippen LogP contribution is 2.25. The number of anilines is 1. The smallest absolute Gasteiger partial charge is 0.254 e. The number of hydrogen-bond donors (Lipinski definition) is 0. The molecule has 0 aliphatic carbocycles. The highest BCUT2D eigenvalue weighted by molar-refractivity contribution is 9.10. The molecule has 4 nitrogen and oxygen atoms in total. The molecular formula is C18H16BrClN2O2. The van der Waals surface area contributed by atoms with Gasteiger partial charge in [0.25, 0.3) is 5.91 Å². The van der Waals surface area contributed by atoms with Crippen LogP contribution in [0.2, 0.25) is 5.02 Å². The van der Waals surface area contributed by atoms with Crippen LogP contribution in [0.15, 0.2) is 53.0 Å². The van der Waals surface area contributed by atoms with Crippen molar-refractivity contribution in [2.75, 3.05) is 18.0 Å². The molecule has 1 aliphatic heterocycles. The van der Waals surface area contributed by atoms with Gasteiger partial charge in [0.05, 0.1) is 0 Å². The highest BCUT2D eigenvalue weighted by Gasteiger charge is 2.35. The summed E-state index contributed by atoms with van der Waals surface area (Å²) in [6, 6.07) is 13.9. The molecule has 1 unspecified atom stereocenters. The van der Waals surface area contributed by atoms with Crippen molar-refractivity contribution < 1.29 is 9.59 Å². The fraction of sp³-hybridized carbons (Fsp3) is 0.222. The minimum atomic E-state index is -0.524. The Hall–Kier alpha value is -1.85. The number of carbonyl (C=O) groups is 2. The predicted octanol–water partition coefficient (Wildman–Crippen LogP) is 3.98. The third-order valence-electron chi connectivity index (χ3n) is 4.11. The van der Waals surface area contributed by atoms with E-state index in [1.807, 2.05) is 24.3 Å². The van der Waals surface area contributed by atoms with E-state index in [0.717, 1.165) is 10.2 Å². The molecule has 1 fully saturated rings. The van der Waals surface area contributed by atoms with Gasteiger partial charge >= 0.3 is 0 Å². The molecule has 1 heterocycles. The lowest BCUT2D eigenvalue weighted by atomic mass is 10.1. The van der Waals surface area contributed by atoms with E-state index in [4.69, 9.17) is 11.6 Å². The van der Waals surface area contributed by atoms with Gasteiger partial charge in [-0.2, -0.15) is 0 Å². The van der Waals surface area contributed by atoms with E-state index in [-0.39, 0.29) is 11.8 Å². The molecule has 0 spiro atoms. The Morgan fingerprint density at radius 2 is 1.92 bits per heavy atom. The average molecular weight is 408 g/mol. The van der Waals surface area contributed by atoms with Crippen LogP contribution in [-0.2, 0) is 4.79 Å². The van der Waals surface area contributed by atoms with Crippen LogP contribution in [0.5, 0.6) is 0 Å². The van der Waals surface area contributed by atoms with Gasteiger partial charge in [0, 0.05) is 33.8 Å². The summed E-state index contributed by atoms with van der Waals surface area (Å²) in [7, 11) is 0. The zero-order chi connectivity index (χ0) is 17.3. The van der Waals surface area contributed by atoms with E-state index in [2.05, 4.69) is 15.9 Å². The molecule has 0 radical (unpaired) electrons. The normalized spacial score (nSPS) is 18.0. The molecule has 1 saturated heterocycles. The lowest BCUT2D eigenvalue weighted by Crippen LogP contribution is -2.57. The summed E-state index contributed by atoms with van der Waals surface area (Å²) in [6.45, 7) is 2.70. The number of piperazine rings is 1. The molecule has 6 heteroatoms. The van der Waals surface area contributed by atoms with Crippen molar-refractivity contribution in [3.05, 3.63) is 63.6 Å². The van der Waals surface area contributed by atoms with E-state index < -0.39 is 6.04 Å². The van der Waals surface area contributed by atoms with Crippen LogP contribution < -0.4 is 4.90 Å². The number of rotatable bonds is 2. The Bertz CT molecular complexity index is 796. The number of nitrogens with zero attached hydrogens (tertiary/aromatic N) is 2. The third kappa shape index (κ3) is 3.32. The summed E-state index contributed by atoms with van der Waals surface area (Å²) in [5.41, 5.74) is 1.33. The Morgan fingerprint density at radius 3 is 2.62 bits per heavy atom. The minimum Gasteiger partial charge on any atom is -0.325 e. The molecule has 124 valence electrons. The summed E-state index contributed by atoms with van der Waals surface area (Å²) in [5, 5.41) is 0.507. The Balaban J connectivity index is 1.81. The van der Waals surface area contributed by atoms with Gasteiger partial charge in [-0.1, -0.05) is 39.7 Å². The zero-order valence-corrected chi connectivity index (χ0v) is 15.4. The van der Waals surface area contributed by atoms with Crippen LogP contribution in [0.25, 0.3) is 0 Å². The highest BCUT2D eigenvalue weighted by atomic mass is 79.9. The number of halogens is 2. The van der Waals surface area contributed by atoms with Gasteiger partial charge in [-0.15, -0.1) is 0 Å². The third-order valence-corrected chi connectivity index (χ3v) is 4.84. The zero-order valence-electron chi connectivity index (χ0n) is 13.1. The van der Waals surface area contributed by atoms with Gasteiger partial charge in [-0.25, -0.2) is 0 Å². The largest absolute Gasteiger partial charge is 0.325 e. The molecule has 2 aromatic carbocycles. The quantitative estimate of drug-likeness (QED) is 0.755. The van der Waals surface area contributed by atoms with Crippen LogP contribution in [0.3, 0.4) is 0 Å². The molecular weight excluding hydrogens is 392 g/mol. The summed E-state index contributed by atoms with van der Waals surface area (Å²) >= 11 is 9.38.